The topological polar surface area (TPSA) is 50.2 Å². The molecule has 2 heterocycles. The third-order valence-corrected chi connectivity index (χ3v) is 5.24. The minimum Gasteiger partial charge on any atom is -0.336 e. The quantitative estimate of drug-likeness (QED) is 0.911. The molecule has 1 N–H and O–H groups in total. The van der Waals surface area contributed by atoms with E-state index < -0.39 is 0 Å². The molecule has 1 fully saturated rings. The Bertz CT molecular complexity index is 758. The van der Waals surface area contributed by atoms with Gasteiger partial charge in [0.2, 0.25) is 5.91 Å². The van der Waals surface area contributed by atoms with Crippen LogP contribution in [0.5, 0.6) is 0 Å². The maximum Gasteiger partial charge on any atom is 0.227 e. The fourth-order valence-electron chi connectivity index (χ4n) is 3.94. The van der Waals surface area contributed by atoms with Crippen LogP contribution in [0, 0.1) is 0 Å². The second-order valence-electron chi connectivity index (χ2n) is 6.84. The highest BCUT2D eigenvalue weighted by molar-refractivity contribution is 5.85. The van der Waals surface area contributed by atoms with Crippen molar-refractivity contribution >= 4 is 18.3 Å². The van der Waals surface area contributed by atoms with E-state index in [1.807, 2.05) is 22.7 Å². The van der Waals surface area contributed by atoms with Crippen molar-refractivity contribution in [1.82, 2.24) is 19.8 Å². The number of halogens is 1. The van der Waals surface area contributed by atoms with E-state index in [-0.39, 0.29) is 24.4 Å². The van der Waals surface area contributed by atoms with Crippen LogP contribution in [0.15, 0.2) is 30.6 Å². The van der Waals surface area contributed by atoms with Crippen molar-refractivity contribution in [3.8, 4) is 0 Å². The van der Waals surface area contributed by atoms with Gasteiger partial charge in [0.1, 0.15) is 11.9 Å². The molecule has 134 valence electrons. The molecule has 25 heavy (non-hydrogen) atoms. The summed E-state index contributed by atoms with van der Waals surface area (Å²) in [6.45, 7) is 2.35. The zero-order valence-electron chi connectivity index (χ0n) is 14.6. The Morgan fingerprint density at radius 3 is 2.96 bits per heavy atom. The van der Waals surface area contributed by atoms with E-state index in [9.17, 15) is 4.79 Å². The third-order valence-electron chi connectivity index (χ3n) is 5.24. The fourth-order valence-corrected chi connectivity index (χ4v) is 3.94. The molecule has 1 aliphatic heterocycles. The van der Waals surface area contributed by atoms with Crippen LogP contribution >= 0.6 is 12.4 Å². The number of rotatable bonds is 3. The first-order valence-corrected chi connectivity index (χ1v) is 8.80. The molecule has 2 aromatic rings. The monoisotopic (exact) mass is 360 g/mol. The average Bonchev–Trinajstić information content (AvgIpc) is 3.23. The van der Waals surface area contributed by atoms with Crippen LogP contribution in [0.3, 0.4) is 0 Å². The molecule has 1 atom stereocenters. The Morgan fingerprint density at radius 2 is 2.16 bits per heavy atom. The second kappa shape index (κ2) is 7.58. The van der Waals surface area contributed by atoms with Gasteiger partial charge in [-0.15, -0.1) is 12.4 Å². The van der Waals surface area contributed by atoms with Crippen LogP contribution in [0.2, 0.25) is 0 Å². The maximum atomic E-state index is 12.9. The molecule has 4 rings (SSSR count). The van der Waals surface area contributed by atoms with E-state index in [4.69, 9.17) is 0 Å². The van der Waals surface area contributed by atoms with Crippen LogP contribution in [0.25, 0.3) is 0 Å². The van der Waals surface area contributed by atoms with E-state index in [0.29, 0.717) is 6.42 Å². The minimum atomic E-state index is 0. The first-order chi connectivity index (χ1) is 11.7. The Morgan fingerprint density at radius 1 is 1.32 bits per heavy atom. The number of fused-ring (bicyclic) bond motifs is 1. The molecule has 1 unspecified atom stereocenters. The molecule has 0 spiro atoms. The van der Waals surface area contributed by atoms with Gasteiger partial charge in [0.15, 0.2) is 0 Å². The number of aryl methyl sites for hydroxylation is 3. The van der Waals surface area contributed by atoms with E-state index in [0.717, 1.165) is 37.4 Å². The van der Waals surface area contributed by atoms with Gasteiger partial charge >= 0.3 is 0 Å². The van der Waals surface area contributed by atoms with Crippen LogP contribution < -0.4 is 5.32 Å². The van der Waals surface area contributed by atoms with Crippen molar-refractivity contribution in [2.45, 2.75) is 31.7 Å². The van der Waals surface area contributed by atoms with Crippen molar-refractivity contribution in [3.63, 3.8) is 0 Å². The zero-order valence-corrected chi connectivity index (χ0v) is 15.4. The molecule has 0 saturated carbocycles. The summed E-state index contributed by atoms with van der Waals surface area (Å²) in [5.74, 6) is 1.15. The van der Waals surface area contributed by atoms with Crippen LogP contribution in [0.1, 0.15) is 35.0 Å². The SMILES string of the molecule is Cl.Cn1ccnc1C1CNCCN1C(=O)Cc1ccc2c(c1)CCC2. The highest BCUT2D eigenvalue weighted by Gasteiger charge is 2.30. The van der Waals surface area contributed by atoms with E-state index in [1.165, 1.54) is 24.0 Å². The van der Waals surface area contributed by atoms with Gasteiger partial charge in [-0.3, -0.25) is 4.79 Å². The molecular formula is C19H25ClN4O. The number of imidazole rings is 1. The van der Waals surface area contributed by atoms with Gasteiger partial charge in [-0.1, -0.05) is 18.2 Å². The van der Waals surface area contributed by atoms with Gasteiger partial charge in [-0.2, -0.15) is 0 Å². The van der Waals surface area contributed by atoms with Crippen LogP contribution in [0.4, 0.5) is 0 Å². The molecule has 1 saturated heterocycles. The molecule has 1 aromatic heterocycles. The van der Waals surface area contributed by atoms with E-state index >= 15 is 0 Å². The Balaban J connectivity index is 0.00000182. The predicted octanol–water partition coefficient (Wildman–Crippen LogP) is 2.05. The summed E-state index contributed by atoms with van der Waals surface area (Å²) in [5.41, 5.74) is 4.03. The first kappa shape index (κ1) is 18.0. The van der Waals surface area contributed by atoms with Gasteiger partial charge in [-0.25, -0.2) is 4.98 Å². The normalized spacial score (nSPS) is 19.4. The number of hydrogen-bond acceptors (Lipinski definition) is 3. The summed E-state index contributed by atoms with van der Waals surface area (Å²) in [4.78, 5) is 19.4. The maximum absolute atomic E-state index is 12.9. The van der Waals surface area contributed by atoms with E-state index in [2.05, 4.69) is 28.5 Å². The van der Waals surface area contributed by atoms with Gasteiger partial charge in [0.25, 0.3) is 0 Å². The van der Waals surface area contributed by atoms with Crippen molar-refractivity contribution in [2.75, 3.05) is 19.6 Å². The van der Waals surface area contributed by atoms with Crippen molar-refractivity contribution < 1.29 is 4.79 Å². The van der Waals surface area contributed by atoms with E-state index in [1.54, 1.807) is 6.20 Å². The summed E-state index contributed by atoms with van der Waals surface area (Å²) >= 11 is 0. The minimum absolute atomic E-state index is 0. The summed E-state index contributed by atoms with van der Waals surface area (Å²) < 4.78 is 2.01. The number of carbonyl (C=O) groups excluding carboxylic acids is 1. The number of carbonyl (C=O) groups is 1. The molecule has 1 aliphatic carbocycles. The molecule has 0 radical (unpaired) electrons. The number of piperazine rings is 1. The number of hydrogen-bond donors (Lipinski definition) is 1. The molecule has 1 aromatic carbocycles. The Hall–Kier alpha value is -1.85. The number of nitrogens with zero attached hydrogens (tertiary/aromatic N) is 3. The zero-order chi connectivity index (χ0) is 16.5. The highest BCUT2D eigenvalue weighted by atomic mass is 35.5. The number of nitrogens with one attached hydrogen (secondary N) is 1. The highest BCUT2D eigenvalue weighted by Crippen LogP contribution is 2.25. The lowest BCUT2D eigenvalue weighted by molar-refractivity contribution is -0.134. The summed E-state index contributed by atoms with van der Waals surface area (Å²) in [6.07, 6.45) is 7.80. The molecule has 1 amide bonds. The number of amides is 1. The molecule has 2 aliphatic rings. The summed E-state index contributed by atoms with van der Waals surface area (Å²) in [5, 5.41) is 3.39. The lowest BCUT2D eigenvalue weighted by Crippen LogP contribution is -2.49. The fraction of sp³-hybridized carbons (Fsp3) is 0.474. The van der Waals surface area contributed by atoms with Gasteiger partial charge in [0, 0.05) is 39.1 Å². The molecule has 5 nitrogen and oxygen atoms in total. The Kier molecular flexibility index (Phi) is 5.45. The van der Waals surface area contributed by atoms with Gasteiger partial charge < -0.3 is 14.8 Å². The average molecular weight is 361 g/mol. The van der Waals surface area contributed by atoms with Gasteiger partial charge in [-0.05, 0) is 36.0 Å². The van der Waals surface area contributed by atoms with Crippen molar-refractivity contribution in [3.05, 3.63) is 53.1 Å². The van der Waals surface area contributed by atoms with Crippen LogP contribution in [-0.4, -0.2) is 40.0 Å². The standard InChI is InChI=1S/C19H24N4O.ClH/c1-22-9-8-21-19(22)17-13-20-7-10-23(17)18(24)12-14-5-6-15-3-2-4-16(15)11-14;/h5-6,8-9,11,17,20H,2-4,7,10,12-13H2,1H3;1H. The Labute approximate surface area is 154 Å². The first-order valence-electron chi connectivity index (χ1n) is 8.80. The largest absolute Gasteiger partial charge is 0.336 e. The second-order valence-corrected chi connectivity index (χ2v) is 6.84. The molecule has 6 heteroatoms. The van der Waals surface area contributed by atoms with Gasteiger partial charge in [0.05, 0.1) is 6.42 Å². The lowest BCUT2D eigenvalue weighted by atomic mass is 10.0. The third kappa shape index (κ3) is 3.58. The van der Waals surface area contributed by atoms with Crippen molar-refractivity contribution in [1.29, 1.82) is 0 Å². The molecular weight excluding hydrogens is 336 g/mol. The smallest absolute Gasteiger partial charge is 0.227 e. The number of benzene rings is 1. The molecule has 0 bridgehead atoms. The lowest BCUT2D eigenvalue weighted by Gasteiger charge is -2.36. The summed E-state index contributed by atoms with van der Waals surface area (Å²) in [7, 11) is 1.99. The predicted molar refractivity (Wildman–Crippen MR) is 100.0 cm³/mol. The number of aromatic nitrogens is 2. The van der Waals surface area contributed by atoms with Crippen molar-refractivity contribution in [2.24, 2.45) is 7.05 Å². The van der Waals surface area contributed by atoms with Crippen LogP contribution in [-0.2, 0) is 31.1 Å². The summed E-state index contributed by atoms with van der Waals surface area (Å²) in [6, 6.07) is 6.58.